The van der Waals surface area contributed by atoms with E-state index < -0.39 is 0 Å². The number of fused-ring (bicyclic) bond motifs is 1. The van der Waals surface area contributed by atoms with Gasteiger partial charge in [0, 0.05) is 18.0 Å². The minimum atomic E-state index is -0.106. The van der Waals surface area contributed by atoms with Crippen molar-refractivity contribution in [3.05, 3.63) is 45.5 Å². The molecule has 7 heteroatoms. The van der Waals surface area contributed by atoms with Crippen LogP contribution in [0.15, 0.2) is 18.2 Å². The molecule has 2 aromatic rings. The SMILES string of the molecule is C[C@@H]1c2nc(C3CC3)nn2CCN1C(=O)c1ccc(Cl)c(Cl)c1. The van der Waals surface area contributed by atoms with Crippen molar-refractivity contribution in [1.29, 1.82) is 0 Å². The Kier molecular flexibility index (Phi) is 3.58. The molecule has 23 heavy (non-hydrogen) atoms. The predicted molar refractivity (Wildman–Crippen MR) is 87.9 cm³/mol. The third-order valence-electron chi connectivity index (χ3n) is 4.48. The molecule has 2 aliphatic rings. The fraction of sp³-hybridized carbons (Fsp3) is 0.438. The van der Waals surface area contributed by atoms with E-state index in [9.17, 15) is 4.79 Å². The van der Waals surface area contributed by atoms with Crippen LogP contribution in [0.1, 0.15) is 53.7 Å². The van der Waals surface area contributed by atoms with E-state index in [0.29, 0.717) is 34.6 Å². The number of rotatable bonds is 2. The van der Waals surface area contributed by atoms with E-state index in [0.717, 1.165) is 11.6 Å². The maximum atomic E-state index is 12.8. The molecule has 0 spiro atoms. The van der Waals surface area contributed by atoms with Crippen molar-refractivity contribution in [3.63, 3.8) is 0 Å². The van der Waals surface area contributed by atoms with Crippen molar-refractivity contribution < 1.29 is 4.79 Å². The second-order valence-electron chi connectivity index (χ2n) is 6.13. The van der Waals surface area contributed by atoms with E-state index >= 15 is 0 Å². The van der Waals surface area contributed by atoms with E-state index in [1.165, 1.54) is 12.8 Å². The van der Waals surface area contributed by atoms with E-state index in [1.807, 2.05) is 16.5 Å². The van der Waals surface area contributed by atoms with Gasteiger partial charge in [0.05, 0.1) is 22.6 Å². The van der Waals surface area contributed by atoms with E-state index in [-0.39, 0.29) is 11.9 Å². The summed E-state index contributed by atoms with van der Waals surface area (Å²) in [4.78, 5) is 19.3. The van der Waals surface area contributed by atoms with Crippen LogP contribution in [0.4, 0.5) is 0 Å². The van der Waals surface area contributed by atoms with Crippen LogP contribution in [0.3, 0.4) is 0 Å². The molecule has 1 atom stereocenters. The first-order chi connectivity index (χ1) is 11.0. The summed E-state index contributed by atoms with van der Waals surface area (Å²) in [5.41, 5.74) is 0.543. The lowest BCUT2D eigenvalue weighted by molar-refractivity contribution is 0.0631. The van der Waals surface area contributed by atoms with Gasteiger partial charge in [-0.25, -0.2) is 9.67 Å². The van der Waals surface area contributed by atoms with Crippen LogP contribution < -0.4 is 0 Å². The molecule has 1 aromatic heterocycles. The molecule has 5 nitrogen and oxygen atoms in total. The summed E-state index contributed by atoms with van der Waals surface area (Å²) in [5, 5.41) is 5.42. The zero-order chi connectivity index (χ0) is 16.1. The van der Waals surface area contributed by atoms with Crippen LogP contribution in [-0.2, 0) is 6.54 Å². The summed E-state index contributed by atoms with van der Waals surface area (Å²) in [5.74, 6) is 2.25. The Hall–Kier alpha value is -1.59. The molecule has 0 saturated heterocycles. The van der Waals surface area contributed by atoms with E-state index in [2.05, 4.69) is 10.1 Å². The molecule has 0 unspecified atom stereocenters. The van der Waals surface area contributed by atoms with Crippen LogP contribution in [0.25, 0.3) is 0 Å². The minimum Gasteiger partial charge on any atom is -0.327 e. The first-order valence-corrected chi connectivity index (χ1v) is 8.51. The largest absolute Gasteiger partial charge is 0.327 e. The molecular formula is C16H16Cl2N4O. The highest BCUT2D eigenvalue weighted by atomic mass is 35.5. The Morgan fingerprint density at radius 3 is 2.70 bits per heavy atom. The average molecular weight is 351 g/mol. The van der Waals surface area contributed by atoms with E-state index in [4.69, 9.17) is 23.2 Å². The second kappa shape index (κ2) is 5.49. The van der Waals surface area contributed by atoms with Crippen LogP contribution in [0.2, 0.25) is 10.0 Å². The number of aromatic nitrogens is 3. The molecule has 0 N–H and O–H groups in total. The van der Waals surface area contributed by atoms with E-state index in [1.54, 1.807) is 18.2 Å². The Balaban J connectivity index is 1.61. The Bertz CT molecular complexity index is 784. The van der Waals surface area contributed by atoms with Gasteiger partial charge in [0.25, 0.3) is 5.91 Å². The van der Waals surface area contributed by atoms with Gasteiger partial charge in [0.1, 0.15) is 5.82 Å². The number of amides is 1. The molecule has 1 aliphatic heterocycles. The van der Waals surface area contributed by atoms with Gasteiger partial charge in [0.15, 0.2) is 5.82 Å². The van der Waals surface area contributed by atoms with Gasteiger partial charge in [0.2, 0.25) is 0 Å². The molecule has 1 saturated carbocycles. The number of halogens is 2. The van der Waals surface area contributed by atoms with Crippen molar-refractivity contribution in [1.82, 2.24) is 19.7 Å². The third-order valence-corrected chi connectivity index (χ3v) is 5.22. The lowest BCUT2D eigenvalue weighted by Crippen LogP contribution is -2.41. The molecule has 120 valence electrons. The first-order valence-electron chi connectivity index (χ1n) is 7.75. The summed E-state index contributed by atoms with van der Waals surface area (Å²) in [6.07, 6.45) is 2.34. The van der Waals surface area contributed by atoms with Crippen LogP contribution in [0.5, 0.6) is 0 Å². The quantitative estimate of drug-likeness (QED) is 0.829. The summed E-state index contributed by atoms with van der Waals surface area (Å²) in [6.45, 7) is 3.28. The van der Waals surface area contributed by atoms with Crippen LogP contribution >= 0.6 is 23.2 Å². The maximum absolute atomic E-state index is 12.8. The summed E-state index contributed by atoms with van der Waals surface area (Å²) in [6, 6.07) is 4.87. The summed E-state index contributed by atoms with van der Waals surface area (Å²) >= 11 is 12.0. The fourth-order valence-electron chi connectivity index (χ4n) is 2.97. The van der Waals surface area contributed by atoms with Gasteiger partial charge in [-0.15, -0.1) is 0 Å². The van der Waals surface area contributed by atoms with Crippen molar-refractivity contribution in [2.75, 3.05) is 6.54 Å². The Morgan fingerprint density at radius 2 is 2.00 bits per heavy atom. The predicted octanol–water partition coefficient (Wildman–Crippen LogP) is 3.68. The first kappa shape index (κ1) is 15.0. The highest BCUT2D eigenvalue weighted by molar-refractivity contribution is 6.42. The molecule has 1 aliphatic carbocycles. The Morgan fingerprint density at radius 1 is 1.22 bits per heavy atom. The number of carbonyl (C=O) groups is 1. The molecule has 1 amide bonds. The number of carbonyl (C=O) groups excluding carboxylic acids is 1. The normalized spacial score (nSPS) is 20.5. The monoisotopic (exact) mass is 350 g/mol. The van der Waals surface area contributed by atoms with Crippen LogP contribution in [-0.4, -0.2) is 32.1 Å². The minimum absolute atomic E-state index is 0.0571. The van der Waals surface area contributed by atoms with Gasteiger partial charge in [-0.1, -0.05) is 23.2 Å². The van der Waals surface area contributed by atoms with Gasteiger partial charge in [-0.3, -0.25) is 4.79 Å². The molecule has 4 rings (SSSR count). The number of nitrogens with zero attached hydrogens (tertiary/aromatic N) is 4. The van der Waals surface area contributed by atoms with Gasteiger partial charge in [-0.05, 0) is 38.0 Å². The molecule has 0 bridgehead atoms. The second-order valence-corrected chi connectivity index (χ2v) is 6.94. The lowest BCUT2D eigenvalue weighted by Gasteiger charge is -2.33. The standard InChI is InChI=1S/C16H16Cl2N4O/c1-9-15-19-14(10-2-3-10)20-22(15)7-6-21(9)16(23)11-4-5-12(17)13(18)8-11/h4-5,8-10H,2-3,6-7H2,1H3/t9-/m1/s1. The highest BCUT2D eigenvalue weighted by Gasteiger charge is 2.34. The van der Waals surface area contributed by atoms with Crippen LogP contribution in [0, 0.1) is 0 Å². The number of hydrogen-bond acceptors (Lipinski definition) is 3. The average Bonchev–Trinajstić information content (AvgIpc) is 3.29. The van der Waals surface area contributed by atoms with Gasteiger partial charge < -0.3 is 4.90 Å². The lowest BCUT2D eigenvalue weighted by atomic mass is 10.1. The fourth-order valence-corrected chi connectivity index (χ4v) is 3.27. The smallest absolute Gasteiger partial charge is 0.254 e. The topological polar surface area (TPSA) is 51.0 Å². The molecule has 2 heterocycles. The number of benzene rings is 1. The zero-order valence-electron chi connectivity index (χ0n) is 12.7. The summed E-state index contributed by atoms with van der Waals surface area (Å²) in [7, 11) is 0. The van der Waals surface area contributed by atoms with Crippen molar-refractivity contribution in [2.45, 2.75) is 38.3 Å². The number of hydrogen-bond donors (Lipinski definition) is 0. The van der Waals surface area contributed by atoms with Crippen molar-refractivity contribution >= 4 is 29.1 Å². The molecule has 0 radical (unpaired) electrons. The third kappa shape index (κ3) is 2.62. The molecular weight excluding hydrogens is 335 g/mol. The Labute approximate surface area is 144 Å². The van der Waals surface area contributed by atoms with Gasteiger partial charge >= 0.3 is 0 Å². The molecule has 1 fully saturated rings. The van der Waals surface area contributed by atoms with Crippen molar-refractivity contribution in [3.8, 4) is 0 Å². The zero-order valence-corrected chi connectivity index (χ0v) is 14.2. The summed E-state index contributed by atoms with van der Waals surface area (Å²) < 4.78 is 1.94. The van der Waals surface area contributed by atoms with Gasteiger partial charge in [-0.2, -0.15) is 5.10 Å². The maximum Gasteiger partial charge on any atom is 0.254 e. The van der Waals surface area contributed by atoms with Crippen molar-refractivity contribution in [2.24, 2.45) is 0 Å². The molecule has 1 aromatic carbocycles. The highest BCUT2D eigenvalue weighted by Crippen LogP contribution is 2.39.